The van der Waals surface area contributed by atoms with E-state index in [0.29, 0.717) is 6.54 Å². The maximum Gasteiger partial charge on any atom is 0.222 e. The van der Waals surface area contributed by atoms with Gasteiger partial charge in [-0.15, -0.1) is 0 Å². The summed E-state index contributed by atoms with van der Waals surface area (Å²) in [5.41, 5.74) is 7.70. The first-order valence-electron chi connectivity index (χ1n) is 8.29. The van der Waals surface area contributed by atoms with Crippen molar-refractivity contribution in [2.45, 2.75) is 57.5 Å². The predicted molar refractivity (Wildman–Crippen MR) is 90.7 cm³/mol. The van der Waals surface area contributed by atoms with E-state index in [2.05, 4.69) is 10.6 Å². The normalized spacial score (nSPS) is 17.5. The summed E-state index contributed by atoms with van der Waals surface area (Å²) in [6.45, 7) is 3.94. The molecule has 23 heavy (non-hydrogen) atoms. The Balaban J connectivity index is 2.06. The molecule has 5 heteroatoms. The number of hydrogen-bond acceptors (Lipinski definition) is 3. The zero-order valence-corrected chi connectivity index (χ0v) is 14.0. The number of amides is 2. The van der Waals surface area contributed by atoms with Crippen molar-refractivity contribution in [1.82, 2.24) is 10.6 Å². The molecule has 0 radical (unpaired) electrons. The summed E-state index contributed by atoms with van der Waals surface area (Å²) >= 11 is 0. The monoisotopic (exact) mass is 317 g/mol. The Morgan fingerprint density at radius 1 is 1.22 bits per heavy atom. The Morgan fingerprint density at radius 2 is 1.83 bits per heavy atom. The molecular weight excluding hydrogens is 290 g/mol. The Labute approximate surface area is 138 Å². The quantitative estimate of drug-likeness (QED) is 0.750. The molecule has 1 aliphatic rings. The Hall–Kier alpha value is -1.88. The highest BCUT2D eigenvalue weighted by atomic mass is 16.2. The fraction of sp³-hybridized carbons (Fsp3) is 0.556. The molecule has 4 N–H and O–H groups in total. The number of carbonyl (C=O) groups is 2. The third-order valence-corrected chi connectivity index (χ3v) is 4.60. The second-order valence-corrected chi connectivity index (χ2v) is 6.61. The van der Waals surface area contributed by atoms with Crippen LogP contribution in [0.25, 0.3) is 0 Å². The zero-order chi connectivity index (χ0) is 16.9. The lowest BCUT2D eigenvalue weighted by atomic mass is 9.96. The summed E-state index contributed by atoms with van der Waals surface area (Å²) in [6.07, 6.45) is 4.30. The molecule has 0 heterocycles. The van der Waals surface area contributed by atoms with E-state index in [9.17, 15) is 9.59 Å². The highest BCUT2D eigenvalue weighted by Crippen LogP contribution is 2.29. The highest BCUT2D eigenvalue weighted by molar-refractivity contribution is 5.79. The minimum Gasteiger partial charge on any atom is -0.349 e. The summed E-state index contributed by atoms with van der Waals surface area (Å²) in [4.78, 5) is 24.0. The van der Waals surface area contributed by atoms with E-state index in [1.165, 1.54) is 6.92 Å². The molecule has 0 aliphatic heterocycles. The van der Waals surface area contributed by atoms with Crippen molar-refractivity contribution in [3.8, 4) is 0 Å². The average Bonchev–Trinajstić information content (AvgIpc) is 2.96. The van der Waals surface area contributed by atoms with Gasteiger partial charge in [-0.1, -0.05) is 42.7 Å². The van der Waals surface area contributed by atoms with Crippen molar-refractivity contribution in [2.75, 3.05) is 6.54 Å². The first-order chi connectivity index (χ1) is 10.9. The smallest absolute Gasteiger partial charge is 0.222 e. The molecule has 0 spiro atoms. The molecule has 126 valence electrons. The number of carbonyl (C=O) groups excluding carboxylic acids is 2. The molecule has 1 atom stereocenters. The lowest BCUT2D eigenvalue weighted by molar-refractivity contribution is -0.124. The largest absolute Gasteiger partial charge is 0.349 e. The molecule has 1 aromatic rings. The van der Waals surface area contributed by atoms with Crippen LogP contribution in [0.3, 0.4) is 0 Å². The minimum absolute atomic E-state index is 0.0586. The standard InChI is InChI=1S/C18H27N3O2/c1-13-5-7-15(8-6-13)16(20-14(2)22)11-17(23)21-18(12-19)9-3-4-10-18/h5-8,16H,3-4,9-12,19H2,1-2H3,(H,20,22)(H,21,23). The van der Waals surface area contributed by atoms with Crippen molar-refractivity contribution < 1.29 is 9.59 Å². The molecular formula is C18H27N3O2. The third kappa shape index (κ3) is 4.79. The summed E-state index contributed by atoms with van der Waals surface area (Å²) < 4.78 is 0. The van der Waals surface area contributed by atoms with Gasteiger partial charge in [0, 0.05) is 13.5 Å². The molecule has 0 bridgehead atoms. The molecule has 1 unspecified atom stereocenters. The van der Waals surface area contributed by atoms with Gasteiger partial charge in [0.05, 0.1) is 18.0 Å². The first-order valence-corrected chi connectivity index (χ1v) is 8.29. The number of nitrogens with one attached hydrogen (secondary N) is 2. The van der Waals surface area contributed by atoms with Crippen LogP contribution >= 0.6 is 0 Å². The molecule has 1 aliphatic carbocycles. The van der Waals surface area contributed by atoms with E-state index < -0.39 is 0 Å². The predicted octanol–water partition coefficient (Wildman–Crippen LogP) is 1.95. The highest BCUT2D eigenvalue weighted by Gasteiger charge is 2.34. The van der Waals surface area contributed by atoms with Gasteiger partial charge in [0.25, 0.3) is 0 Å². The number of rotatable bonds is 6. The number of hydrogen-bond donors (Lipinski definition) is 3. The topological polar surface area (TPSA) is 84.2 Å². The van der Waals surface area contributed by atoms with Crippen LogP contribution in [0.15, 0.2) is 24.3 Å². The Morgan fingerprint density at radius 3 is 2.35 bits per heavy atom. The van der Waals surface area contributed by atoms with Crippen LogP contribution in [-0.4, -0.2) is 23.9 Å². The molecule has 1 saturated carbocycles. The van der Waals surface area contributed by atoms with Gasteiger partial charge >= 0.3 is 0 Å². The van der Waals surface area contributed by atoms with Gasteiger partial charge in [0.1, 0.15) is 0 Å². The van der Waals surface area contributed by atoms with Crippen LogP contribution in [0.5, 0.6) is 0 Å². The van der Waals surface area contributed by atoms with Gasteiger partial charge in [0.2, 0.25) is 11.8 Å². The van der Waals surface area contributed by atoms with Crippen LogP contribution in [0.1, 0.15) is 56.2 Å². The van der Waals surface area contributed by atoms with Crippen LogP contribution < -0.4 is 16.4 Å². The molecule has 0 saturated heterocycles. The fourth-order valence-electron chi connectivity index (χ4n) is 3.26. The van der Waals surface area contributed by atoms with E-state index in [1.807, 2.05) is 31.2 Å². The van der Waals surface area contributed by atoms with Crippen LogP contribution in [-0.2, 0) is 9.59 Å². The third-order valence-electron chi connectivity index (χ3n) is 4.60. The van der Waals surface area contributed by atoms with Crippen LogP contribution in [0, 0.1) is 6.92 Å². The van der Waals surface area contributed by atoms with Crippen molar-refractivity contribution >= 4 is 11.8 Å². The van der Waals surface area contributed by atoms with Gasteiger partial charge in [0.15, 0.2) is 0 Å². The Kier molecular flexibility index (Phi) is 5.77. The molecule has 0 aromatic heterocycles. The van der Waals surface area contributed by atoms with Crippen LogP contribution in [0.2, 0.25) is 0 Å². The maximum absolute atomic E-state index is 12.5. The Bertz CT molecular complexity index is 548. The molecule has 2 rings (SSSR count). The molecule has 1 fully saturated rings. The second kappa shape index (κ2) is 7.59. The minimum atomic E-state index is -0.315. The van der Waals surface area contributed by atoms with E-state index in [1.54, 1.807) is 0 Å². The first kappa shape index (κ1) is 17.5. The van der Waals surface area contributed by atoms with E-state index in [-0.39, 0.29) is 29.8 Å². The number of benzene rings is 1. The zero-order valence-electron chi connectivity index (χ0n) is 14.0. The summed E-state index contributed by atoms with van der Waals surface area (Å²) in [6, 6.07) is 7.57. The van der Waals surface area contributed by atoms with Crippen LogP contribution in [0.4, 0.5) is 0 Å². The fourth-order valence-corrected chi connectivity index (χ4v) is 3.26. The average molecular weight is 317 g/mol. The summed E-state index contributed by atoms with van der Waals surface area (Å²) in [7, 11) is 0. The van der Waals surface area contributed by atoms with Gasteiger partial charge < -0.3 is 16.4 Å². The van der Waals surface area contributed by atoms with Crippen molar-refractivity contribution in [2.24, 2.45) is 5.73 Å². The molecule has 2 amide bonds. The van der Waals surface area contributed by atoms with Gasteiger partial charge in [-0.25, -0.2) is 0 Å². The lowest BCUT2D eigenvalue weighted by Gasteiger charge is -2.30. The van der Waals surface area contributed by atoms with Crippen molar-refractivity contribution in [3.63, 3.8) is 0 Å². The van der Waals surface area contributed by atoms with Gasteiger partial charge in [-0.3, -0.25) is 9.59 Å². The number of nitrogens with two attached hydrogens (primary N) is 1. The summed E-state index contributed by atoms with van der Waals surface area (Å²) in [5, 5.41) is 5.98. The molecule has 5 nitrogen and oxygen atoms in total. The maximum atomic E-state index is 12.5. The molecule has 1 aromatic carbocycles. The van der Waals surface area contributed by atoms with E-state index in [4.69, 9.17) is 5.73 Å². The van der Waals surface area contributed by atoms with Gasteiger partial charge in [-0.05, 0) is 25.3 Å². The van der Waals surface area contributed by atoms with E-state index >= 15 is 0 Å². The van der Waals surface area contributed by atoms with Crippen molar-refractivity contribution in [3.05, 3.63) is 35.4 Å². The van der Waals surface area contributed by atoms with Gasteiger partial charge in [-0.2, -0.15) is 0 Å². The van der Waals surface area contributed by atoms with Crippen molar-refractivity contribution in [1.29, 1.82) is 0 Å². The second-order valence-electron chi connectivity index (χ2n) is 6.61. The van der Waals surface area contributed by atoms with E-state index in [0.717, 1.165) is 36.8 Å². The number of aryl methyl sites for hydroxylation is 1. The lowest BCUT2D eigenvalue weighted by Crippen LogP contribution is -2.52. The SMILES string of the molecule is CC(=O)NC(CC(=O)NC1(CN)CCCC1)c1ccc(C)cc1. The summed E-state index contributed by atoms with van der Waals surface area (Å²) in [5.74, 6) is -0.200.